The molecule has 2 amide bonds. The summed E-state index contributed by atoms with van der Waals surface area (Å²) in [5, 5.41) is 3.18. The number of carbonyl (C=O) groups is 2. The summed E-state index contributed by atoms with van der Waals surface area (Å²) in [4.78, 5) is 26.6. The van der Waals surface area contributed by atoms with Gasteiger partial charge in [-0.1, -0.05) is 68.2 Å². The average Bonchev–Trinajstić information content (AvgIpc) is 2.84. The molecule has 0 spiro atoms. The van der Waals surface area contributed by atoms with Crippen molar-refractivity contribution in [2.24, 2.45) is 0 Å². The molecule has 2 aliphatic rings. The number of hydrogen-bond acceptors (Lipinski definition) is 4. The molecule has 3 rings (SSSR count). The van der Waals surface area contributed by atoms with Crippen molar-refractivity contribution in [3.05, 3.63) is 40.3 Å². The molecule has 0 radical (unpaired) electrons. The highest BCUT2D eigenvalue weighted by Crippen LogP contribution is 2.31. The monoisotopic (exact) mass is 388 g/mol. The van der Waals surface area contributed by atoms with Crippen molar-refractivity contribution < 1.29 is 9.59 Å². The van der Waals surface area contributed by atoms with Gasteiger partial charge in [0.25, 0.3) is 11.8 Å². The van der Waals surface area contributed by atoms with E-state index in [2.05, 4.69) is 5.32 Å². The number of rotatable bonds is 3. The average molecular weight is 389 g/mol. The number of hydrogen-bond donors (Lipinski definition) is 1. The summed E-state index contributed by atoms with van der Waals surface area (Å²) in [5.74, 6) is -0.0897. The molecule has 138 valence electrons. The van der Waals surface area contributed by atoms with Gasteiger partial charge in [0.2, 0.25) is 0 Å². The Balaban J connectivity index is 1.62. The highest BCUT2D eigenvalue weighted by molar-refractivity contribution is 8.26. The number of thiocarbonyl (C=S) groups is 1. The standard InChI is InChI=1S/C20H24N2O2S2/c1-22-19(24)17(26-20(22)25)13-14-9-11-15(12-10-14)18(23)21-16-7-5-3-2-4-6-8-16/h9-13,16H,2-8H2,1H3,(H,21,23). The van der Waals surface area contributed by atoms with E-state index in [1.165, 1.54) is 48.8 Å². The van der Waals surface area contributed by atoms with Crippen LogP contribution in [-0.4, -0.2) is 34.1 Å². The minimum absolute atomic E-state index is 0.0120. The number of benzene rings is 1. The topological polar surface area (TPSA) is 49.4 Å². The summed E-state index contributed by atoms with van der Waals surface area (Å²) in [5.41, 5.74) is 1.55. The van der Waals surface area contributed by atoms with Crippen molar-refractivity contribution in [3.8, 4) is 0 Å². The van der Waals surface area contributed by atoms with Gasteiger partial charge in [-0.2, -0.15) is 0 Å². The summed E-state index contributed by atoms with van der Waals surface area (Å²) >= 11 is 6.44. The van der Waals surface area contributed by atoms with Crippen LogP contribution in [0.2, 0.25) is 0 Å². The summed E-state index contributed by atoms with van der Waals surface area (Å²) in [7, 11) is 1.68. The molecule has 1 aromatic rings. The second kappa shape index (κ2) is 8.82. The first kappa shape index (κ1) is 19.1. The second-order valence-corrected chi connectivity index (χ2v) is 8.55. The first-order valence-electron chi connectivity index (χ1n) is 9.17. The molecule has 1 aromatic carbocycles. The molecule has 6 heteroatoms. The van der Waals surface area contributed by atoms with Crippen LogP contribution in [0.1, 0.15) is 60.9 Å². The third-order valence-electron chi connectivity index (χ3n) is 4.90. The predicted octanol–water partition coefficient (Wildman–Crippen LogP) is 4.36. The fraction of sp³-hybridized carbons (Fsp3) is 0.450. The Bertz CT molecular complexity index is 720. The molecule has 0 atom stereocenters. The normalized spacial score (nSPS) is 21.0. The van der Waals surface area contributed by atoms with Gasteiger partial charge in [-0.25, -0.2) is 0 Å². The van der Waals surface area contributed by atoms with Gasteiger partial charge >= 0.3 is 0 Å². The SMILES string of the molecule is CN1C(=O)C(=Cc2ccc(C(=O)NC3CCCCCCC3)cc2)SC1=S. The van der Waals surface area contributed by atoms with Gasteiger partial charge in [0.1, 0.15) is 4.32 Å². The number of thioether (sulfide) groups is 1. The van der Waals surface area contributed by atoms with E-state index in [1.807, 2.05) is 30.3 Å². The number of likely N-dealkylation sites (N-methyl/N-ethyl adjacent to an activating group) is 1. The smallest absolute Gasteiger partial charge is 0.265 e. The third kappa shape index (κ3) is 4.74. The highest BCUT2D eigenvalue weighted by Gasteiger charge is 2.28. The summed E-state index contributed by atoms with van der Waals surface area (Å²) < 4.78 is 0.566. The maximum atomic E-state index is 12.5. The molecule has 4 nitrogen and oxygen atoms in total. The van der Waals surface area contributed by atoms with Crippen molar-refractivity contribution in [2.75, 3.05) is 7.05 Å². The first-order chi connectivity index (χ1) is 12.5. The van der Waals surface area contributed by atoms with Crippen molar-refractivity contribution >= 4 is 46.2 Å². The largest absolute Gasteiger partial charge is 0.349 e. The Labute approximate surface area is 164 Å². The van der Waals surface area contributed by atoms with Crippen LogP contribution in [0.3, 0.4) is 0 Å². The van der Waals surface area contributed by atoms with E-state index in [4.69, 9.17) is 12.2 Å². The van der Waals surface area contributed by atoms with Gasteiger partial charge in [-0.05, 0) is 36.6 Å². The Morgan fingerprint density at radius 1 is 1.15 bits per heavy atom. The van der Waals surface area contributed by atoms with Crippen molar-refractivity contribution in [3.63, 3.8) is 0 Å². The molecule has 2 fully saturated rings. The molecule has 1 aliphatic carbocycles. The van der Waals surface area contributed by atoms with E-state index in [0.717, 1.165) is 18.4 Å². The number of carbonyl (C=O) groups excluding carboxylic acids is 2. The van der Waals surface area contributed by atoms with Gasteiger partial charge < -0.3 is 5.32 Å². The van der Waals surface area contributed by atoms with Crippen LogP contribution in [-0.2, 0) is 4.79 Å². The quantitative estimate of drug-likeness (QED) is 0.617. The molecule has 0 unspecified atom stereocenters. The Morgan fingerprint density at radius 2 is 1.77 bits per heavy atom. The molecule has 0 bridgehead atoms. The van der Waals surface area contributed by atoms with Gasteiger partial charge in [-0.15, -0.1) is 0 Å². The Morgan fingerprint density at radius 3 is 2.35 bits per heavy atom. The number of nitrogens with one attached hydrogen (secondary N) is 1. The molecule has 0 aromatic heterocycles. The van der Waals surface area contributed by atoms with E-state index < -0.39 is 0 Å². The predicted molar refractivity (Wildman–Crippen MR) is 111 cm³/mol. The third-order valence-corrected chi connectivity index (χ3v) is 6.38. The molecular formula is C20H24N2O2S2. The zero-order chi connectivity index (χ0) is 18.5. The minimum atomic E-state index is -0.0777. The lowest BCUT2D eigenvalue weighted by Crippen LogP contribution is -2.35. The van der Waals surface area contributed by atoms with Crippen LogP contribution < -0.4 is 5.32 Å². The summed E-state index contributed by atoms with van der Waals surface area (Å²) in [6.07, 6.45) is 10.2. The summed E-state index contributed by atoms with van der Waals surface area (Å²) in [6.45, 7) is 0. The van der Waals surface area contributed by atoms with Crippen molar-refractivity contribution in [2.45, 2.75) is 51.0 Å². The minimum Gasteiger partial charge on any atom is -0.349 e. The fourth-order valence-electron chi connectivity index (χ4n) is 3.30. The van der Waals surface area contributed by atoms with Crippen LogP contribution in [0.4, 0.5) is 0 Å². The highest BCUT2D eigenvalue weighted by atomic mass is 32.2. The maximum absolute atomic E-state index is 12.5. The summed E-state index contributed by atoms with van der Waals surface area (Å²) in [6, 6.07) is 7.66. The molecule has 1 heterocycles. The van der Waals surface area contributed by atoms with E-state index in [-0.39, 0.29) is 17.9 Å². The van der Waals surface area contributed by atoms with Gasteiger partial charge in [-0.3, -0.25) is 14.5 Å². The van der Waals surface area contributed by atoms with Gasteiger partial charge in [0.15, 0.2) is 0 Å². The number of nitrogens with zero attached hydrogens (tertiary/aromatic N) is 1. The zero-order valence-corrected chi connectivity index (χ0v) is 16.6. The lowest BCUT2D eigenvalue weighted by molar-refractivity contribution is -0.121. The van der Waals surface area contributed by atoms with Crippen LogP contribution in [0.25, 0.3) is 6.08 Å². The van der Waals surface area contributed by atoms with E-state index >= 15 is 0 Å². The zero-order valence-electron chi connectivity index (χ0n) is 15.0. The van der Waals surface area contributed by atoms with Gasteiger partial charge in [0.05, 0.1) is 4.91 Å². The number of amides is 2. The van der Waals surface area contributed by atoms with E-state index in [1.54, 1.807) is 7.05 Å². The first-order valence-corrected chi connectivity index (χ1v) is 10.4. The van der Waals surface area contributed by atoms with Crippen LogP contribution in [0, 0.1) is 0 Å². The Hall–Kier alpha value is -1.66. The molecular weight excluding hydrogens is 364 g/mol. The Kier molecular flexibility index (Phi) is 6.48. The van der Waals surface area contributed by atoms with E-state index in [9.17, 15) is 9.59 Å². The van der Waals surface area contributed by atoms with Crippen molar-refractivity contribution in [1.82, 2.24) is 10.2 Å². The lowest BCUT2D eigenvalue weighted by Gasteiger charge is -2.21. The fourth-order valence-corrected chi connectivity index (χ4v) is 4.48. The molecule has 26 heavy (non-hydrogen) atoms. The van der Waals surface area contributed by atoms with Gasteiger partial charge in [0, 0.05) is 18.7 Å². The lowest BCUT2D eigenvalue weighted by atomic mass is 9.96. The molecule has 1 N–H and O–H groups in total. The maximum Gasteiger partial charge on any atom is 0.265 e. The van der Waals surface area contributed by atoms with Crippen LogP contribution in [0.5, 0.6) is 0 Å². The second-order valence-electron chi connectivity index (χ2n) is 6.88. The molecule has 1 aliphatic heterocycles. The van der Waals surface area contributed by atoms with Crippen molar-refractivity contribution in [1.29, 1.82) is 0 Å². The molecule has 1 saturated carbocycles. The molecule has 1 saturated heterocycles. The van der Waals surface area contributed by atoms with E-state index in [0.29, 0.717) is 14.8 Å². The van der Waals surface area contributed by atoms with Crippen LogP contribution in [0.15, 0.2) is 29.2 Å². The van der Waals surface area contributed by atoms with Crippen LogP contribution >= 0.6 is 24.0 Å².